The van der Waals surface area contributed by atoms with Crippen molar-refractivity contribution >= 4 is 28.2 Å². The van der Waals surface area contributed by atoms with Crippen LogP contribution in [0.15, 0.2) is 71.7 Å². The molecule has 5 aromatic rings. The number of rotatable bonds is 4. The minimum absolute atomic E-state index is 0.146. The summed E-state index contributed by atoms with van der Waals surface area (Å²) in [5.41, 5.74) is 6.68. The van der Waals surface area contributed by atoms with E-state index in [9.17, 15) is 4.79 Å². The lowest BCUT2D eigenvalue weighted by molar-refractivity contribution is 0.445. The van der Waals surface area contributed by atoms with Crippen molar-refractivity contribution in [2.75, 3.05) is 0 Å². The summed E-state index contributed by atoms with van der Waals surface area (Å²) in [5, 5.41) is 5.88. The second-order valence-electron chi connectivity index (χ2n) is 9.05. The Balaban J connectivity index is 1.63. The molecule has 2 aromatic carbocycles. The van der Waals surface area contributed by atoms with Crippen molar-refractivity contribution in [2.24, 2.45) is 0 Å². The minimum Gasteiger partial charge on any atom is -0.341 e. The summed E-state index contributed by atoms with van der Waals surface area (Å²) >= 11 is 6.42. The van der Waals surface area contributed by atoms with Crippen molar-refractivity contribution in [3.63, 3.8) is 0 Å². The quantitative estimate of drug-likeness (QED) is 0.299. The second-order valence-corrected chi connectivity index (χ2v) is 9.32. The fourth-order valence-corrected chi connectivity index (χ4v) is 5.55. The number of pyridine rings is 1. The monoisotopic (exact) mass is 468 g/mol. The maximum atomic E-state index is 13.9. The van der Waals surface area contributed by atoms with Gasteiger partial charge in [-0.2, -0.15) is 9.61 Å². The van der Waals surface area contributed by atoms with Crippen LogP contribution in [0.3, 0.4) is 0 Å². The number of hydrogen-bond donors (Lipinski definition) is 1. The summed E-state index contributed by atoms with van der Waals surface area (Å²) in [6, 6.07) is 20.0. The lowest BCUT2D eigenvalue weighted by atomic mass is 9.83. The molecular weight excluding hydrogens is 444 g/mol. The van der Waals surface area contributed by atoms with Crippen LogP contribution in [0.1, 0.15) is 49.3 Å². The zero-order valence-corrected chi connectivity index (χ0v) is 19.6. The molecule has 1 N–H and O–H groups in total. The van der Waals surface area contributed by atoms with E-state index in [0.717, 1.165) is 57.5 Å². The van der Waals surface area contributed by atoms with Crippen LogP contribution in [0, 0.1) is 0 Å². The molecule has 34 heavy (non-hydrogen) atoms. The van der Waals surface area contributed by atoms with Gasteiger partial charge in [0, 0.05) is 28.4 Å². The van der Waals surface area contributed by atoms with Crippen molar-refractivity contribution < 1.29 is 0 Å². The average molecular weight is 469 g/mol. The second kappa shape index (κ2) is 8.73. The van der Waals surface area contributed by atoms with Gasteiger partial charge in [-0.25, -0.2) is 0 Å². The number of halogens is 1. The van der Waals surface area contributed by atoms with Crippen molar-refractivity contribution in [1.82, 2.24) is 19.6 Å². The van der Waals surface area contributed by atoms with Gasteiger partial charge in [0.15, 0.2) is 0 Å². The Bertz CT molecular complexity index is 1550. The average Bonchev–Trinajstić information content (AvgIpc) is 3.29. The maximum Gasteiger partial charge on any atom is 0.282 e. The van der Waals surface area contributed by atoms with Gasteiger partial charge in [0.2, 0.25) is 0 Å². The number of hydrogen-bond acceptors (Lipinski definition) is 3. The molecule has 3 aromatic heterocycles. The van der Waals surface area contributed by atoms with E-state index in [1.54, 1.807) is 10.7 Å². The number of H-pyrrole nitrogens is 1. The van der Waals surface area contributed by atoms with Gasteiger partial charge in [-0.15, -0.1) is 11.6 Å². The molecule has 1 aliphatic carbocycles. The molecule has 1 aliphatic rings. The predicted octanol–water partition coefficient (Wildman–Crippen LogP) is 6.69. The van der Waals surface area contributed by atoms with Gasteiger partial charge in [0.05, 0.1) is 22.7 Å². The van der Waals surface area contributed by atoms with Crippen LogP contribution in [0.5, 0.6) is 0 Å². The smallest absolute Gasteiger partial charge is 0.282 e. The normalized spacial score (nSPS) is 14.7. The topological polar surface area (TPSA) is 63.0 Å². The number of aromatic nitrogens is 4. The van der Waals surface area contributed by atoms with Crippen molar-refractivity contribution in [2.45, 2.75) is 43.9 Å². The first-order valence-electron chi connectivity index (χ1n) is 11.9. The molecule has 0 radical (unpaired) electrons. The molecule has 5 nitrogen and oxygen atoms in total. The number of nitrogens with zero attached hydrogens (tertiary/aromatic N) is 3. The Morgan fingerprint density at radius 2 is 1.79 bits per heavy atom. The first kappa shape index (κ1) is 21.1. The number of aromatic amines is 1. The summed E-state index contributed by atoms with van der Waals surface area (Å²) in [6.07, 6.45) is 7.66. The number of fused-ring (bicyclic) bond motifs is 2. The fourth-order valence-electron chi connectivity index (χ4n) is 5.35. The molecule has 170 valence electrons. The molecule has 0 aliphatic heterocycles. The molecule has 1 saturated carbocycles. The lowest BCUT2D eigenvalue weighted by Gasteiger charge is -2.22. The van der Waals surface area contributed by atoms with E-state index < -0.39 is 0 Å². The van der Waals surface area contributed by atoms with E-state index in [-0.39, 0.29) is 11.4 Å². The summed E-state index contributed by atoms with van der Waals surface area (Å²) < 4.78 is 1.56. The van der Waals surface area contributed by atoms with Gasteiger partial charge in [0.25, 0.3) is 5.56 Å². The lowest BCUT2D eigenvalue weighted by Crippen LogP contribution is -2.20. The number of nitrogens with one attached hydrogen (secondary N) is 1. The zero-order chi connectivity index (χ0) is 23.1. The summed E-state index contributed by atoms with van der Waals surface area (Å²) in [5.74, 6) is 0.583. The fraction of sp³-hybridized carbons (Fsp3) is 0.250. The van der Waals surface area contributed by atoms with Crippen molar-refractivity contribution in [3.8, 4) is 22.4 Å². The number of benzene rings is 2. The molecule has 3 heterocycles. The summed E-state index contributed by atoms with van der Waals surface area (Å²) in [4.78, 5) is 21.9. The molecule has 0 atom stereocenters. The van der Waals surface area contributed by atoms with Crippen LogP contribution >= 0.6 is 11.6 Å². The molecule has 0 bridgehead atoms. The van der Waals surface area contributed by atoms with E-state index >= 15 is 0 Å². The van der Waals surface area contributed by atoms with Crippen LogP contribution < -0.4 is 5.56 Å². The van der Waals surface area contributed by atoms with Crippen LogP contribution in [0.25, 0.3) is 38.9 Å². The van der Waals surface area contributed by atoms with Crippen LogP contribution in [-0.2, 0) is 5.88 Å². The summed E-state index contributed by atoms with van der Waals surface area (Å²) in [6.45, 7) is 0. The minimum atomic E-state index is -0.146. The SMILES string of the molecule is O=c1c(-c2ccc3ncccc3c2)c(CCl)[nH]c2c(C3CCCCC3)c(-c3ccccc3)nn12. The van der Waals surface area contributed by atoms with Gasteiger partial charge < -0.3 is 4.98 Å². The van der Waals surface area contributed by atoms with Crippen LogP contribution in [0.4, 0.5) is 0 Å². The predicted molar refractivity (Wildman–Crippen MR) is 137 cm³/mol. The Morgan fingerprint density at radius 3 is 2.59 bits per heavy atom. The van der Waals surface area contributed by atoms with Crippen molar-refractivity contribution in [1.29, 1.82) is 0 Å². The Hall–Kier alpha value is -3.44. The molecule has 6 heteroatoms. The highest BCUT2D eigenvalue weighted by atomic mass is 35.5. The molecule has 0 amide bonds. The zero-order valence-electron chi connectivity index (χ0n) is 18.8. The third-order valence-corrected chi connectivity index (χ3v) is 7.25. The molecule has 0 unspecified atom stereocenters. The summed E-state index contributed by atoms with van der Waals surface area (Å²) in [7, 11) is 0. The largest absolute Gasteiger partial charge is 0.341 e. The molecule has 1 fully saturated rings. The third kappa shape index (κ3) is 3.51. The van der Waals surface area contributed by atoms with Gasteiger partial charge in [-0.1, -0.05) is 61.7 Å². The first-order chi connectivity index (χ1) is 16.7. The van der Waals surface area contributed by atoms with Gasteiger partial charge in [0.1, 0.15) is 5.65 Å². The van der Waals surface area contributed by atoms with E-state index in [4.69, 9.17) is 16.7 Å². The van der Waals surface area contributed by atoms with E-state index in [1.807, 2.05) is 48.5 Å². The Labute approximate surface area is 202 Å². The van der Waals surface area contributed by atoms with Crippen molar-refractivity contribution in [3.05, 3.63) is 88.5 Å². The van der Waals surface area contributed by atoms with Gasteiger partial charge in [-0.3, -0.25) is 9.78 Å². The highest BCUT2D eigenvalue weighted by Crippen LogP contribution is 2.40. The Kier molecular flexibility index (Phi) is 5.42. The van der Waals surface area contributed by atoms with Gasteiger partial charge >= 0.3 is 0 Å². The maximum absolute atomic E-state index is 13.9. The van der Waals surface area contributed by atoms with E-state index in [0.29, 0.717) is 11.5 Å². The highest BCUT2D eigenvalue weighted by molar-refractivity contribution is 6.17. The highest BCUT2D eigenvalue weighted by Gasteiger charge is 2.27. The van der Waals surface area contributed by atoms with Crippen LogP contribution in [-0.4, -0.2) is 19.6 Å². The third-order valence-electron chi connectivity index (χ3n) is 6.99. The molecule has 6 rings (SSSR count). The molecule has 0 saturated heterocycles. The van der Waals surface area contributed by atoms with E-state index in [2.05, 4.69) is 22.1 Å². The number of alkyl halides is 1. The molecule has 0 spiro atoms. The first-order valence-corrected chi connectivity index (χ1v) is 12.4. The van der Waals surface area contributed by atoms with E-state index in [1.165, 1.54) is 19.3 Å². The molecular formula is C28H25ClN4O. The van der Waals surface area contributed by atoms with Gasteiger partial charge in [-0.05, 0) is 42.5 Å². The Morgan fingerprint density at radius 1 is 0.971 bits per heavy atom. The van der Waals surface area contributed by atoms with Crippen LogP contribution in [0.2, 0.25) is 0 Å². The standard InChI is InChI=1S/C28H25ClN4O/c29-17-23-24(21-13-14-22-20(16-21)12-7-15-30-22)28(34)33-27(31-23)25(18-8-3-1-4-9-18)26(32-33)19-10-5-2-6-11-19/h2,5-7,10-16,18,31H,1,3-4,8-9,17H2.